The molecule has 1 aromatic rings. The lowest BCUT2D eigenvalue weighted by atomic mass is 10.1. The number of carbonyl (C=O) groups excluding carboxylic acids is 2. The summed E-state index contributed by atoms with van der Waals surface area (Å²) in [7, 11) is 3.14. The molecule has 32 heavy (non-hydrogen) atoms. The van der Waals surface area contributed by atoms with Crippen LogP contribution in [0.25, 0.3) is 0 Å². The first-order valence-electron chi connectivity index (χ1n) is 11.3. The van der Waals surface area contributed by atoms with Gasteiger partial charge in [0.25, 0.3) is 0 Å². The standard InChI is InChI=1S/C23H35FN4O4/c1-31-13-12-27(15-18-4-6-19(24)7-5-18)20-14-21(28(16-20)22(29)17-32-2)23(30)26-10-3-8-25-9-11-26/h4-7,20-21,25H,3,8-17H2,1-2H3. The number of likely N-dealkylation sites (tertiary alicyclic amines) is 1. The van der Waals surface area contributed by atoms with Gasteiger partial charge in [-0.3, -0.25) is 14.5 Å². The zero-order chi connectivity index (χ0) is 22.9. The van der Waals surface area contributed by atoms with Crippen LogP contribution in [0.3, 0.4) is 0 Å². The van der Waals surface area contributed by atoms with Crippen molar-refractivity contribution in [2.24, 2.45) is 0 Å². The number of hydrogen-bond acceptors (Lipinski definition) is 6. The Bertz CT molecular complexity index is 740. The van der Waals surface area contributed by atoms with Crippen LogP contribution in [0.15, 0.2) is 24.3 Å². The van der Waals surface area contributed by atoms with Gasteiger partial charge in [0.05, 0.1) is 6.61 Å². The van der Waals surface area contributed by atoms with E-state index < -0.39 is 6.04 Å². The molecule has 0 aliphatic carbocycles. The molecule has 2 atom stereocenters. The molecule has 2 saturated heterocycles. The number of nitrogens with zero attached hydrogens (tertiary/aromatic N) is 3. The third-order valence-electron chi connectivity index (χ3n) is 6.20. The van der Waals surface area contributed by atoms with Gasteiger partial charge >= 0.3 is 0 Å². The number of carbonyl (C=O) groups is 2. The van der Waals surface area contributed by atoms with Crippen LogP contribution in [0.1, 0.15) is 18.4 Å². The molecule has 0 radical (unpaired) electrons. The normalized spacial score (nSPS) is 21.8. The van der Waals surface area contributed by atoms with Crippen molar-refractivity contribution < 1.29 is 23.5 Å². The van der Waals surface area contributed by atoms with Crippen LogP contribution in [0.2, 0.25) is 0 Å². The first kappa shape index (κ1) is 24.6. The molecule has 2 unspecified atom stereocenters. The summed E-state index contributed by atoms with van der Waals surface area (Å²) in [4.78, 5) is 32.0. The van der Waals surface area contributed by atoms with Crippen molar-refractivity contribution >= 4 is 11.8 Å². The molecule has 2 aliphatic rings. The van der Waals surface area contributed by atoms with Crippen molar-refractivity contribution in [1.82, 2.24) is 20.0 Å². The van der Waals surface area contributed by atoms with E-state index in [0.717, 1.165) is 25.1 Å². The Morgan fingerprint density at radius 2 is 1.94 bits per heavy atom. The third-order valence-corrected chi connectivity index (χ3v) is 6.20. The molecule has 2 fully saturated rings. The Morgan fingerprint density at radius 1 is 1.16 bits per heavy atom. The van der Waals surface area contributed by atoms with Crippen molar-refractivity contribution in [1.29, 1.82) is 0 Å². The zero-order valence-corrected chi connectivity index (χ0v) is 19.1. The van der Waals surface area contributed by atoms with Crippen LogP contribution in [0, 0.1) is 5.82 Å². The summed E-state index contributed by atoms with van der Waals surface area (Å²) in [6.45, 7) is 5.18. The van der Waals surface area contributed by atoms with Crippen LogP contribution in [0.4, 0.5) is 4.39 Å². The highest BCUT2D eigenvalue weighted by Gasteiger charge is 2.43. The van der Waals surface area contributed by atoms with E-state index in [-0.39, 0.29) is 30.3 Å². The molecule has 178 valence electrons. The van der Waals surface area contributed by atoms with Crippen molar-refractivity contribution in [3.05, 3.63) is 35.6 Å². The van der Waals surface area contributed by atoms with E-state index in [2.05, 4.69) is 10.2 Å². The van der Waals surface area contributed by atoms with E-state index in [1.807, 2.05) is 4.90 Å². The third kappa shape index (κ3) is 6.48. The van der Waals surface area contributed by atoms with Crippen molar-refractivity contribution in [2.75, 3.05) is 66.7 Å². The highest BCUT2D eigenvalue weighted by atomic mass is 19.1. The second-order valence-electron chi connectivity index (χ2n) is 8.40. The summed E-state index contributed by atoms with van der Waals surface area (Å²) in [5.74, 6) is -0.434. The van der Waals surface area contributed by atoms with Crippen molar-refractivity contribution in [3.8, 4) is 0 Å². The Morgan fingerprint density at radius 3 is 2.66 bits per heavy atom. The lowest BCUT2D eigenvalue weighted by Gasteiger charge is -2.29. The fourth-order valence-corrected chi connectivity index (χ4v) is 4.49. The summed E-state index contributed by atoms with van der Waals surface area (Å²) in [6.07, 6.45) is 1.46. The maximum absolute atomic E-state index is 13.4. The molecule has 0 saturated carbocycles. The molecule has 3 rings (SSSR count). The Hall–Kier alpha value is -2.07. The lowest BCUT2D eigenvalue weighted by molar-refractivity contribution is -0.145. The highest BCUT2D eigenvalue weighted by molar-refractivity contribution is 5.89. The van der Waals surface area contributed by atoms with Gasteiger partial charge in [0.2, 0.25) is 11.8 Å². The lowest BCUT2D eigenvalue weighted by Crippen LogP contribution is -2.49. The summed E-state index contributed by atoms with van der Waals surface area (Å²) >= 11 is 0. The van der Waals surface area contributed by atoms with E-state index in [1.54, 1.807) is 24.1 Å². The van der Waals surface area contributed by atoms with E-state index in [9.17, 15) is 14.0 Å². The van der Waals surface area contributed by atoms with Gasteiger partial charge in [-0.05, 0) is 37.1 Å². The average Bonchev–Trinajstić information content (AvgIpc) is 3.05. The Balaban J connectivity index is 1.78. The molecule has 8 nitrogen and oxygen atoms in total. The molecule has 2 amide bonds. The van der Waals surface area contributed by atoms with Crippen LogP contribution in [-0.4, -0.2) is 105 Å². The molecule has 1 aromatic carbocycles. The quantitative estimate of drug-likeness (QED) is 0.598. The maximum atomic E-state index is 13.4. The molecule has 0 spiro atoms. The van der Waals surface area contributed by atoms with E-state index in [0.29, 0.717) is 45.8 Å². The molecule has 2 aliphatic heterocycles. The topological polar surface area (TPSA) is 74.4 Å². The molecular formula is C23H35FN4O4. The maximum Gasteiger partial charge on any atom is 0.249 e. The van der Waals surface area contributed by atoms with Crippen molar-refractivity contribution in [2.45, 2.75) is 31.5 Å². The largest absolute Gasteiger partial charge is 0.383 e. The van der Waals surface area contributed by atoms with Crippen LogP contribution in [0.5, 0.6) is 0 Å². The molecule has 0 aromatic heterocycles. The SMILES string of the molecule is COCCN(Cc1ccc(F)cc1)C1CC(C(=O)N2CCCNCC2)N(C(=O)COC)C1. The minimum Gasteiger partial charge on any atom is -0.383 e. The van der Waals surface area contributed by atoms with Gasteiger partial charge in [0.15, 0.2) is 0 Å². The Labute approximate surface area is 189 Å². The van der Waals surface area contributed by atoms with E-state index in [4.69, 9.17) is 9.47 Å². The molecule has 1 N–H and O–H groups in total. The smallest absolute Gasteiger partial charge is 0.249 e. The number of ether oxygens (including phenoxy) is 2. The van der Waals surface area contributed by atoms with Gasteiger partial charge in [0.1, 0.15) is 18.5 Å². The van der Waals surface area contributed by atoms with Crippen LogP contribution >= 0.6 is 0 Å². The molecule has 2 heterocycles. The number of halogens is 1. The van der Waals surface area contributed by atoms with Crippen LogP contribution in [-0.2, 0) is 25.6 Å². The minimum absolute atomic E-state index is 0.00457. The fourth-order valence-electron chi connectivity index (χ4n) is 4.49. The van der Waals surface area contributed by atoms with Gasteiger partial charge < -0.3 is 24.6 Å². The number of methoxy groups -OCH3 is 2. The highest BCUT2D eigenvalue weighted by Crippen LogP contribution is 2.26. The summed E-state index contributed by atoms with van der Waals surface area (Å²) in [6, 6.07) is 5.93. The van der Waals surface area contributed by atoms with Gasteiger partial charge in [-0.15, -0.1) is 0 Å². The number of rotatable bonds is 9. The molecule has 0 bridgehead atoms. The van der Waals surface area contributed by atoms with Gasteiger partial charge in [0, 0.05) is 59.5 Å². The second kappa shape index (κ2) is 12.2. The van der Waals surface area contributed by atoms with E-state index >= 15 is 0 Å². The zero-order valence-electron chi connectivity index (χ0n) is 19.1. The van der Waals surface area contributed by atoms with E-state index in [1.165, 1.54) is 19.2 Å². The van der Waals surface area contributed by atoms with Gasteiger partial charge in [-0.25, -0.2) is 4.39 Å². The van der Waals surface area contributed by atoms with Gasteiger partial charge in [-0.2, -0.15) is 0 Å². The van der Waals surface area contributed by atoms with Crippen LogP contribution < -0.4 is 5.32 Å². The number of nitrogens with one attached hydrogen (secondary N) is 1. The second-order valence-corrected chi connectivity index (χ2v) is 8.40. The average molecular weight is 451 g/mol. The number of hydrogen-bond donors (Lipinski definition) is 1. The summed E-state index contributed by atoms with van der Waals surface area (Å²) < 4.78 is 23.7. The fraction of sp³-hybridized carbons (Fsp3) is 0.652. The Kier molecular flexibility index (Phi) is 9.40. The summed E-state index contributed by atoms with van der Waals surface area (Å²) in [5, 5.41) is 3.32. The number of amides is 2. The first-order chi connectivity index (χ1) is 15.5. The predicted octanol–water partition coefficient (Wildman–Crippen LogP) is 0.712. The number of benzene rings is 1. The first-order valence-corrected chi connectivity index (χ1v) is 11.3. The summed E-state index contributed by atoms with van der Waals surface area (Å²) in [5.41, 5.74) is 0.977. The monoisotopic (exact) mass is 450 g/mol. The molecule has 9 heteroatoms. The molecular weight excluding hydrogens is 415 g/mol. The minimum atomic E-state index is -0.501. The predicted molar refractivity (Wildman–Crippen MR) is 119 cm³/mol. The van der Waals surface area contributed by atoms with Gasteiger partial charge in [-0.1, -0.05) is 12.1 Å². The van der Waals surface area contributed by atoms with Crippen molar-refractivity contribution in [3.63, 3.8) is 0 Å².